The second-order valence-corrected chi connectivity index (χ2v) is 5.73. The highest BCUT2D eigenvalue weighted by Crippen LogP contribution is 2.30. The zero-order chi connectivity index (χ0) is 13.7. The minimum Gasteiger partial charge on any atom is -0.478 e. The summed E-state index contributed by atoms with van der Waals surface area (Å²) in [4.78, 5) is 10.9. The quantitative estimate of drug-likeness (QED) is 0.841. The van der Waals surface area contributed by atoms with Gasteiger partial charge in [-0.1, -0.05) is 38.7 Å². The fourth-order valence-electron chi connectivity index (χ4n) is 2.80. The van der Waals surface area contributed by atoms with Gasteiger partial charge in [-0.2, -0.15) is 0 Å². The summed E-state index contributed by atoms with van der Waals surface area (Å²) < 4.78 is 0. The van der Waals surface area contributed by atoms with Gasteiger partial charge in [0.05, 0.1) is 5.56 Å². The maximum absolute atomic E-state index is 10.9. The van der Waals surface area contributed by atoms with Crippen molar-refractivity contribution < 1.29 is 9.90 Å². The van der Waals surface area contributed by atoms with Gasteiger partial charge in [0.1, 0.15) is 0 Å². The van der Waals surface area contributed by atoms with Gasteiger partial charge < -0.3 is 10.4 Å². The van der Waals surface area contributed by atoms with Crippen LogP contribution in [0.2, 0.25) is 0 Å². The van der Waals surface area contributed by atoms with Gasteiger partial charge in [-0.3, -0.25) is 0 Å². The molecule has 0 aliphatic heterocycles. The number of rotatable bonds is 5. The molecule has 0 radical (unpaired) electrons. The van der Waals surface area contributed by atoms with E-state index in [9.17, 15) is 4.79 Å². The van der Waals surface area contributed by atoms with E-state index in [0.717, 1.165) is 24.1 Å². The Morgan fingerprint density at radius 2 is 2.05 bits per heavy atom. The van der Waals surface area contributed by atoms with E-state index in [1.165, 1.54) is 32.1 Å². The van der Waals surface area contributed by atoms with Gasteiger partial charge in [0.15, 0.2) is 0 Å². The Morgan fingerprint density at radius 1 is 1.32 bits per heavy atom. The molecule has 3 heteroatoms. The Bertz CT molecular complexity index is 423. The van der Waals surface area contributed by atoms with Gasteiger partial charge in [0.2, 0.25) is 0 Å². The van der Waals surface area contributed by atoms with Crippen molar-refractivity contribution in [2.24, 2.45) is 11.8 Å². The van der Waals surface area contributed by atoms with Crippen LogP contribution in [0, 0.1) is 11.8 Å². The molecule has 3 nitrogen and oxygen atoms in total. The zero-order valence-corrected chi connectivity index (χ0v) is 11.6. The maximum atomic E-state index is 10.9. The van der Waals surface area contributed by atoms with Crippen LogP contribution < -0.4 is 5.32 Å². The third-order valence-corrected chi connectivity index (χ3v) is 4.13. The summed E-state index contributed by atoms with van der Waals surface area (Å²) in [5.74, 6) is 0.868. The smallest absolute Gasteiger partial charge is 0.335 e. The van der Waals surface area contributed by atoms with E-state index >= 15 is 0 Å². The number of carbonyl (C=O) groups is 1. The lowest BCUT2D eigenvalue weighted by molar-refractivity contribution is 0.0697. The summed E-state index contributed by atoms with van der Waals surface area (Å²) in [5.41, 5.74) is 1.25. The standard InChI is InChI=1S/C16H23NO2/c1-12-5-7-13(8-6-12)9-10-17-15-4-2-3-14(11-15)16(18)19/h2-4,11-13,17H,5-10H2,1H3,(H,18,19). The molecule has 0 heterocycles. The van der Waals surface area contributed by atoms with Crippen LogP contribution in [-0.4, -0.2) is 17.6 Å². The van der Waals surface area contributed by atoms with E-state index in [0.29, 0.717) is 5.56 Å². The van der Waals surface area contributed by atoms with Crippen molar-refractivity contribution in [3.05, 3.63) is 29.8 Å². The Labute approximate surface area is 115 Å². The molecule has 0 aromatic heterocycles. The summed E-state index contributed by atoms with van der Waals surface area (Å²) >= 11 is 0. The summed E-state index contributed by atoms with van der Waals surface area (Å²) in [6.45, 7) is 3.27. The first-order valence-electron chi connectivity index (χ1n) is 7.22. The van der Waals surface area contributed by atoms with Crippen molar-refractivity contribution in [1.82, 2.24) is 0 Å². The van der Waals surface area contributed by atoms with E-state index in [4.69, 9.17) is 5.11 Å². The predicted molar refractivity (Wildman–Crippen MR) is 77.6 cm³/mol. The molecule has 0 bridgehead atoms. The molecular weight excluding hydrogens is 238 g/mol. The molecule has 0 saturated heterocycles. The van der Waals surface area contributed by atoms with Gasteiger partial charge in [-0.15, -0.1) is 0 Å². The molecule has 2 N–H and O–H groups in total. The Balaban J connectivity index is 1.76. The van der Waals surface area contributed by atoms with Crippen molar-refractivity contribution in [1.29, 1.82) is 0 Å². The van der Waals surface area contributed by atoms with E-state index in [2.05, 4.69) is 12.2 Å². The summed E-state index contributed by atoms with van der Waals surface area (Å²) in [7, 11) is 0. The molecule has 104 valence electrons. The zero-order valence-electron chi connectivity index (χ0n) is 11.6. The fourth-order valence-corrected chi connectivity index (χ4v) is 2.80. The fraction of sp³-hybridized carbons (Fsp3) is 0.562. The Morgan fingerprint density at radius 3 is 2.74 bits per heavy atom. The van der Waals surface area contributed by atoms with Crippen LogP contribution in [-0.2, 0) is 0 Å². The number of hydrogen-bond acceptors (Lipinski definition) is 2. The van der Waals surface area contributed by atoms with Crippen LogP contribution in [0.5, 0.6) is 0 Å². The summed E-state index contributed by atoms with van der Waals surface area (Å²) in [6.07, 6.45) is 6.60. The number of anilines is 1. The first kappa shape index (κ1) is 13.9. The minimum atomic E-state index is -0.870. The van der Waals surface area contributed by atoms with Gasteiger partial charge in [-0.05, 0) is 36.5 Å². The second kappa shape index (κ2) is 6.60. The minimum absolute atomic E-state index is 0.344. The van der Waals surface area contributed by atoms with Crippen molar-refractivity contribution in [3.8, 4) is 0 Å². The lowest BCUT2D eigenvalue weighted by Gasteiger charge is -2.26. The maximum Gasteiger partial charge on any atom is 0.335 e. The topological polar surface area (TPSA) is 49.3 Å². The largest absolute Gasteiger partial charge is 0.478 e. The Hall–Kier alpha value is -1.51. The average Bonchev–Trinajstić information content (AvgIpc) is 2.41. The molecule has 0 unspecified atom stereocenters. The molecule has 0 atom stereocenters. The van der Waals surface area contributed by atoms with Crippen LogP contribution in [0.15, 0.2) is 24.3 Å². The molecule has 1 aliphatic rings. The predicted octanol–water partition coefficient (Wildman–Crippen LogP) is 4.01. The van der Waals surface area contributed by atoms with Crippen molar-refractivity contribution in [3.63, 3.8) is 0 Å². The molecule has 1 aromatic carbocycles. The lowest BCUT2D eigenvalue weighted by atomic mass is 9.81. The van der Waals surface area contributed by atoms with E-state index in [-0.39, 0.29) is 0 Å². The molecule has 1 aromatic rings. The van der Waals surface area contributed by atoms with Crippen LogP contribution >= 0.6 is 0 Å². The highest BCUT2D eigenvalue weighted by molar-refractivity contribution is 5.88. The molecular formula is C16H23NO2. The Kier molecular flexibility index (Phi) is 4.83. The second-order valence-electron chi connectivity index (χ2n) is 5.73. The normalized spacial score (nSPS) is 23.0. The molecule has 2 rings (SSSR count). The van der Waals surface area contributed by atoms with Crippen molar-refractivity contribution in [2.45, 2.75) is 39.0 Å². The van der Waals surface area contributed by atoms with Gasteiger partial charge in [0.25, 0.3) is 0 Å². The number of hydrogen-bond donors (Lipinski definition) is 2. The average molecular weight is 261 g/mol. The van der Waals surface area contributed by atoms with Crippen LogP contribution in [0.3, 0.4) is 0 Å². The van der Waals surface area contributed by atoms with Crippen LogP contribution in [0.1, 0.15) is 49.4 Å². The number of benzene rings is 1. The first-order valence-corrected chi connectivity index (χ1v) is 7.22. The molecule has 1 aliphatic carbocycles. The number of aromatic carboxylic acids is 1. The highest BCUT2D eigenvalue weighted by Gasteiger charge is 2.17. The van der Waals surface area contributed by atoms with E-state index < -0.39 is 5.97 Å². The van der Waals surface area contributed by atoms with Gasteiger partial charge >= 0.3 is 5.97 Å². The summed E-state index contributed by atoms with van der Waals surface area (Å²) in [5, 5.41) is 12.3. The third-order valence-electron chi connectivity index (χ3n) is 4.13. The van der Waals surface area contributed by atoms with Crippen LogP contribution in [0.25, 0.3) is 0 Å². The van der Waals surface area contributed by atoms with Crippen molar-refractivity contribution >= 4 is 11.7 Å². The third kappa shape index (κ3) is 4.27. The summed E-state index contributed by atoms with van der Waals surface area (Å²) in [6, 6.07) is 7.03. The first-order chi connectivity index (χ1) is 9.15. The molecule has 0 amide bonds. The van der Waals surface area contributed by atoms with Gasteiger partial charge in [0, 0.05) is 12.2 Å². The van der Waals surface area contributed by atoms with Crippen LogP contribution in [0.4, 0.5) is 5.69 Å². The number of carboxylic acids is 1. The van der Waals surface area contributed by atoms with Gasteiger partial charge in [-0.25, -0.2) is 4.79 Å². The number of carboxylic acid groups (broad SMARTS) is 1. The molecule has 1 fully saturated rings. The lowest BCUT2D eigenvalue weighted by Crippen LogP contribution is -2.15. The van der Waals surface area contributed by atoms with E-state index in [1.54, 1.807) is 18.2 Å². The monoisotopic (exact) mass is 261 g/mol. The number of nitrogens with one attached hydrogen (secondary N) is 1. The molecule has 1 saturated carbocycles. The highest BCUT2D eigenvalue weighted by atomic mass is 16.4. The molecule has 0 spiro atoms. The van der Waals surface area contributed by atoms with E-state index in [1.807, 2.05) is 6.07 Å². The molecule has 19 heavy (non-hydrogen) atoms. The van der Waals surface area contributed by atoms with Crippen molar-refractivity contribution in [2.75, 3.05) is 11.9 Å². The SMILES string of the molecule is CC1CCC(CCNc2cccc(C(=O)O)c2)CC1.